The van der Waals surface area contributed by atoms with Gasteiger partial charge in [0.2, 0.25) is 0 Å². The number of aliphatic hydroxyl groups excluding tert-OH is 1. The van der Waals surface area contributed by atoms with E-state index in [9.17, 15) is 14.7 Å². The van der Waals surface area contributed by atoms with Crippen molar-refractivity contribution >= 4 is 11.9 Å². The molecule has 0 bridgehead atoms. The fraction of sp³-hybridized carbons (Fsp3) is 0.529. The molecule has 1 saturated heterocycles. The van der Waals surface area contributed by atoms with E-state index in [4.69, 9.17) is 9.47 Å². The van der Waals surface area contributed by atoms with Crippen LogP contribution in [0.2, 0.25) is 0 Å². The summed E-state index contributed by atoms with van der Waals surface area (Å²) in [5.74, 6) is -0.767. The normalized spacial score (nSPS) is 25.7. The summed E-state index contributed by atoms with van der Waals surface area (Å²) in [6.07, 6.45) is 6.43. The van der Waals surface area contributed by atoms with Crippen LogP contribution >= 0.6 is 0 Å². The molecule has 1 aliphatic carbocycles. The van der Waals surface area contributed by atoms with E-state index in [0.29, 0.717) is 18.4 Å². The summed E-state index contributed by atoms with van der Waals surface area (Å²) in [6, 6.07) is 0. The molecule has 0 amide bonds. The lowest BCUT2D eigenvalue weighted by atomic mass is 9.88. The first-order valence-corrected chi connectivity index (χ1v) is 7.52. The molecule has 2 atom stereocenters. The lowest BCUT2D eigenvalue weighted by molar-refractivity contribution is -0.140. The highest BCUT2D eigenvalue weighted by atomic mass is 16.6. The second kappa shape index (κ2) is 7.40. The average molecular weight is 306 g/mol. The van der Waals surface area contributed by atoms with Crippen LogP contribution in [-0.4, -0.2) is 36.4 Å². The molecule has 120 valence electrons. The number of carbonyl (C=O) groups is 2. The molecule has 0 radical (unpaired) electrons. The van der Waals surface area contributed by atoms with Crippen LogP contribution in [0.1, 0.15) is 32.6 Å². The zero-order valence-corrected chi connectivity index (χ0v) is 12.8. The van der Waals surface area contributed by atoms with Crippen LogP contribution in [0, 0.1) is 5.92 Å². The molecule has 5 nitrogen and oxygen atoms in total. The fourth-order valence-corrected chi connectivity index (χ4v) is 2.80. The van der Waals surface area contributed by atoms with Crippen LogP contribution in [-0.2, 0) is 19.1 Å². The van der Waals surface area contributed by atoms with Crippen LogP contribution < -0.4 is 0 Å². The molecule has 2 rings (SSSR count). The van der Waals surface area contributed by atoms with Crippen molar-refractivity contribution < 1.29 is 24.2 Å². The number of carbonyl (C=O) groups excluding carboxylic acids is 2. The van der Waals surface area contributed by atoms with E-state index < -0.39 is 0 Å². The quantitative estimate of drug-likeness (QED) is 0.491. The van der Waals surface area contributed by atoms with Crippen molar-refractivity contribution in [3.05, 3.63) is 35.5 Å². The summed E-state index contributed by atoms with van der Waals surface area (Å²) in [4.78, 5) is 22.7. The number of rotatable bonds is 3. The second-order valence-corrected chi connectivity index (χ2v) is 5.70. The van der Waals surface area contributed by atoms with Gasteiger partial charge in [0.05, 0.1) is 6.61 Å². The van der Waals surface area contributed by atoms with Gasteiger partial charge >= 0.3 is 11.9 Å². The Kier molecular flexibility index (Phi) is 5.55. The molecule has 1 heterocycles. The van der Waals surface area contributed by atoms with E-state index in [1.807, 2.05) is 12.2 Å². The maximum atomic E-state index is 11.7. The molecule has 0 aromatic heterocycles. The number of hydrogen-bond donors (Lipinski definition) is 1. The highest BCUT2D eigenvalue weighted by Crippen LogP contribution is 2.34. The minimum Gasteiger partial charge on any atom is -0.461 e. The Morgan fingerprint density at radius 2 is 2.23 bits per heavy atom. The molecule has 1 fully saturated rings. The van der Waals surface area contributed by atoms with Gasteiger partial charge in [-0.3, -0.25) is 4.79 Å². The van der Waals surface area contributed by atoms with E-state index in [0.717, 1.165) is 24.0 Å². The summed E-state index contributed by atoms with van der Waals surface area (Å²) in [7, 11) is 0. The topological polar surface area (TPSA) is 72.8 Å². The summed E-state index contributed by atoms with van der Waals surface area (Å²) < 4.78 is 10.4. The van der Waals surface area contributed by atoms with Gasteiger partial charge in [0.15, 0.2) is 0 Å². The van der Waals surface area contributed by atoms with Crippen molar-refractivity contribution in [1.82, 2.24) is 0 Å². The third-order valence-corrected chi connectivity index (χ3v) is 4.09. The van der Waals surface area contributed by atoms with Gasteiger partial charge in [-0.2, -0.15) is 0 Å². The van der Waals surface area contributed by atoms with Crippen molar-refractivity contribution in [3.8, 4) is 0 Å². The van der Waals surface area contributed by atoms with E-state index in [1.54, 1.807) is 0 Å². The zero-order chi connectivity index (χ0) is 16.1. The number of esters is 2. The highest BCUT2D eigenvalue weighted by molar-refractivity contribution is 5.91. The molecule has 5 heteroatoms. The van der Waals surface area contributed by atoms with E-state index >= 15 is 0 Å². The van der Waals surface area contributed by atoms with Crippen LogP contribution in [0.25, 0.3) is 0 Å². The molecule has 0 spiro atoms. The van der Waals surface area contributed by atoms with Gasteiger partial charge in [-0.25, -0.2) is 4.79 Å². The molecule has 1 aliphatic heterocycles. The number of ether oxygens (including phenoxy) is 2. The fourth-order valence-electron chi connectivity index (χ4n) is 2.80. The monoisotopic (exact) mass is 306 g/mol. The van der Waals surface area contributed by atoms with E-state index in [1.165, 1.54) is 6.92 Å². The van der Waals surface area contributed by atoms with Gasteiger partial charge in [0.1, 0.15) is 12.7 Å². The molecule has 2 aliphatic rings. The van der Waals surface area contributed by atoms with Gasteiger partial charge in [0.25, 0.3) is 0 Å². The Morgan fingerprint density at radius 3 is 2.91 bits per heavy atom. The Labute approximate surface area is 130 Å². The van der Waals surface area contributed by atoms with Gasteiger partial charge in [-0.05, 0) is 42.9 Å². The van der Waals surface area contributed by atoms with E-state index in [2.05, 4.69) is 6.58 Å². The second-order valence-electron chi connectivity index (χ2n) is 5.70. The summed E-state index contributed by atoms with van der Waals surface area (Å²) in [5.41, 5.74) is 2.36. The average Bonchev–Trinajstić information content (AvgIpc) is 2.75. The molecule has 0 saturated carbocycles. The van der Waals surface area contributed by atoms with Gasteiger partial charge in [-0.15, -0.1) is 0 Å². The van der Waals surface area contributed by atoms with Crippen LogP contribution in [0.3, 0.4) is 0 Å². The lowest BCUT2D eigenvalue weighted by Gasteiger charge is -2.18. The minimum absolute atomic E-state index is 0.0552. The first kappa shape index (κ1) is 16.5. The first-order chi connectivity index (χ1) is 10.5. The Bertz CT molecular complexity index is 529. The largest absolute Gasteiger partial charge is 0.461 e. The van der Waals surface area contributed by atoms with E-state index in [-0.39, 0.29) is 37.2 Å². The van der Waals surface area contributed by atoms with Crippen molar-refractivity contribution in [2.45, 2.75) is 38.7 Å². The predicted molar refractivity (Wildman–Crippen MR) is 80.9 cm³/mol. The maximum Gasteiger partial charge on any atom is 0.334 e. The van der Waals surface area contributed by atoms with Crippen molar-refractivity contribution in [2.75, 3.05) is 13.2 Å². The Balaban J connectivity index is 2.16. The van der Waals surface area contributed by atoms with Gasteiger partial charge < -0.3 is 14.6 Å². The standard InChI is InChI=1S/C17H22O5/c1-11-15-7-6-13(10-21-12(2)19)4-3-5-14(9-18)8-16(15)22-17(11)20/h4,8,15-16,18H,1,3,5-7,9-10H2,2H3. The highest BCUT2D eigenvalue weighted by Gasteiger charge is 2.37. The molecule has 22 heavy (non-hydrogen) atoms. The third-order valence-electron chi connectivity index (χ3n) is 4.09. The molecular weight excluding hydrogens is 284 g/mol. The van der Waals surface area contributed by atoms with Gasteiger partial charge in [-0.1, -0.05) is 12.7 Å². The molecule has 1 N–H and O–H groups in total. The van der Waals surface area contributed by atoms with Crippen molar-refractivity contribution in [2.24, 2.45) is 5.92 Å². The SMILES string of the molecule is C=C1C(=O)OC2C=C(CO)CCC=C(COC(C)=O)CCC12. The lowest BCUT2D eigenvalue weighted by Crippen LogP contribution is -2.17. The molecule has 0 aromatic carbocycles. The predicted octanol–water partition coefficient (Wildman–Crippen LogP) is 2.07. The number of allylic oxidation sites excluding steroid dienone is 1. The van der Waals surface area contributed by atoms with Gasteiger partial charge in [0, 0.05) is 18.4 Å². The van der Waals surface area contributed by atoms with Crippen LogP contribution in [0.15, 0.2) is 35.5 Å². The number of aliphatic hydroxyl groups is 1. The van der Waals surface area contributed by atoms with Crippen molar-refractivity contribution in [1.29, 1.82) is 0 Å². The van der Waals surface area contributed by atoms with Crippen LogP contribution in [0.5, 0.6) is 0 Å². The zero-order valence-electron chi connectivity index (χ0n) is 12.8. The van der Waals surface area contributed by atoms with Crippen molar-refractivity contribution in [3.63, 3.8) is 0 Å². The molecule has 2 unspecified atom stereocenters. The number of hydrogen-bond acceptors (Lipinski definition) is 5. The third kappa shape index (κ3) is 4.07. The summed E-state index contributed by atoms with van der Waals surface area (Å²) in [6.45, 7) is 5.42. The summed E-state index contributed by atoms with van der Waals surface area (Å²) >= 11 is 0. The summed E-state index contributed by atoms with van der Waals surface area (Å²) in [5, 5.41) is 9.44. The molecule has 0 aromatic rings. The smallest absolute Gasteiger partial charge is 0.334 e. The first-order valence-electron chi connectivity index (χ1n) is 7.52. The Morgan fingerprint density at radius 1 is 1.45 bits per heavy atom. The maximum absolute atomic E-state index is 11.7. The Hall–Kier alpha value is -1.88. The van der Waals surface area contributed by atoms with Crippen LogP contribution in [0.4, 0.5) is 0 Å². The molecular formula is C17H22O5. The minimum atomic E-state index is -0.367. The number of fused-ring (bicyclic) bond motifs is 1.